The van der Waals surface area contributed by atoms with Crippen molar-refractivity contribution in [2.24, 2.45) is 7.05 Å². The molecule has 2 aromatic rings. The van der Waals surface area contributed by atoms with Gasteiger partial charge in [0.25, 0.3) is 0 Å². The first kappa shape index (κ1) is 8.74. The van der Waals surface area contributed by atoms with Crippen LogP contribution in [0.15, 0.2) is 36.7 Å². The van der Waals surface area contributed by atoms with Gasteiger partial charge in [0.2, 0.25) is 0 Å². The highest BCUT2D eigenvalue weighted by molar-refractivity contribution is 14.1. The van der Waals surface area contributed by atoms with E-state index in [9.17, 15) is 0 Å². The molecule has 66 valence electrons. The van der Waals surface area contributed by atoms with Gasteiger partial charge in [-0.05, 0) is 40.3 Å². The fraction of sp³-hybridized carbons (Fsp3) is 0.100. The van der Waals surface area contributed by atoms with Crippen LogP contribution in [0.1, 0.15) is 0 Å². The molecule has 0 aliphatic carbocycles. The van der Waals surface area contributed by atoms with Gasteiger partial charge < -0.3 is 0 Å². The Balaban J connectivity index is 2.41. The summed E-state index contributed by atoms with van der Waals surface area (Å²) in [7, 11) is 1.93. The molecule has 0 fully saturated rings. The molecule has 0 aliphatic heterocycles. The average Bonchev–Trinajstić information content (AvgIpc) is 2.53. The van der Waals surface area contributed by atoms with Gasteiger partial charge in [-0.25, -0.2) is 0 Å². The third kappa shape index (κ3) is 1.91. The quantitative estimate of drug-likeness (QED) is 0.736. The Morgan fingerprint density at radius 1 is 1.15 bits per heavy atom. The maximum Gasteiger partial charge on any atom is 0.0568 e. The summed E-state index contributed by atoms with van der Waals surface area (Å²) in [5, 5.41) is 4.13. The normalized spacial score (nSPS) is 10.3. The summed E-state index contributed by atoms with van der Waals surface area (Å²) in [5.74, 6) is 0. The molecule has 0 unspecified atom stereocenters. The van der Waals surface area contributed by atoms with Crippen LogP contribution in [-0.4, -0.2) is 9.78 Å². The van der Waals surface area contributed by atoms with Gasteiger partial charge in [0, 0.05) is 22.4 Å². The molecule has 0 N–H and O–H groups in total. The van der Waals surface area contributed by atoms with E-state index in [0.717, 1.165) is 0 Å². The van der Waals surface area contributed by atoms with E-state index >= 15 is 0 Å². The van der Waals surface area contributed by atoms with Crippen LogP contribution < -0.4 is 0 Å². The Labute approximate surface area is 90.7 Å². The minimum Gasteiger partial charge on any atom is -0.275 e. The molecule has 1 aromatic carbocycles. The number of nitrogens with zero attached hydrogens (tertiary/aromatic N) is 2. The zero-order chi connectivity index (χ0) is 9.26. The second kappa shape index (κ2) is 3.49. The van der Waals surface area contributed by atoms with Gasteiger partial charge in [-0.15, -0.1) is 0 Å². The van der Waals surface area contributed by atoms with E-state index in [1.54, 1.807) is 0 Å². The molecule has 0 amide bonds. The van der Waals surface area contributed by atoms with Crippen LogP contribution >= 0.6 is 22.6 Å². The van der Waals surface area contributed by atoms with Crippen molar-refractivity contribution in [1.29, 1.82) is 0 Å². The highest BCUT2D eigenvalue weighted by atomic mass is 127. The first-order valence-corrected chi connectivity index (χ1v) is 5.08. The van der Waals surface area contributed by atoms with Crippen LogP contribution in [-0.2, 0) is 7.05 Å². The van der Waals surface area contributed by atoms with Gasteiger partial charge in [-0.3, -0.25) is 4.68 Å². The molecule has 3 heteroatoms. The summed E-state index contributed by atoms with van der Waals surface area (Å²) in [4.78, 5) is 0. The van der Waals surface area contributed by atoms with Crippen molar-refractivity contribution >= 4 is 22.6 Å². The third-order valence-corrected chi connectivity index (χ3v) is 2.60. The van der Waals surface area contributed by atoms with Crippen LogP contribution in [0.4, 0.5) is 0 Å². The van der Waals surface area contributed by atoms with Crippen molar-refractivity contribution in [3.05, 3.63) is 40.2 Å². The maximum absolute atomic E-state index is 4.13. The van der Waals surface area contributed by atoms with Crippen molar-refractivity contribution in [3.8, 4) is 11.1 Å². The number of aromatic nitrogens is 2. The lowest BCUT2D eigenvalue weighted by atomic mass is 10.1. The molecule has 0 bridgehead atoms. The number of rotatable bonds is 1. The van der Waals surface area contributed by atoms with Gasteiger partial charge >= 0.3 is 0 Å². The van der Waals surface area contributed by atoms with E-state index in [1.807, 2.05) is 24.1 Å². The number of benzene rings is 1. The number of hydrogen-bond acceptors (Lipinski definition) is 1. The van der Waals surface area contributed by atoms with Gasteiger partial charge in [-0.2, -0.15) is 5.10 Å². The van der Waals surface area contributed by atoms with Gasteiger partial charge in [-0.1, -0.05) is 12.1 Å². The Morgan fingerprint density at radius 3 is 2.38 bits per heavy atom. The fourth-order valence-electron chi connectivity index (χ4n) is 1.21. The summed E-state index contributed by atoms with van der Waals surface area (Å²) < 4.78 is 3.07. The summed E-state index contributed by atoms with van der Waals surface area (Å²) in [5.41, 5.74) is 2.38. The predicted octanol–water partition coefficient (Wildman–Crippen LogP) is 2.69. The van der Waals surface area contributed by atoms with E-state index in [1.165, 1.54) is 14.7 Å². The molecule has 13 heavy (non-hydrogen) atoms. The summed E-state index contributed by atoms with van der Waals surface area (Å²) >= 11 is 2.30. The molecule has 0 saturated carbocycles. The second-order valence-corrected chi connectivity index (χ2v) is 4.16. The van der Waals surface area contributed by atoms with Crippen LogP contribution in [0, 0.1) is 3.57 Å². The highest BCUT2D eigenvalue weighted by Crippen LogP contribution is 2.18. The van der Waals surface area contributed by atoms with Crippen LogP contribution in [0.2, 0.25) is 0 Å². The topological polar surface area (TPSA) is 17.8 Å². The van der Waals surface area contributed by atoms with E-state index in [-0.39, 0.29) is 0 Å². The van der Waals surface area contributed by atoms with Crippen molar-refractivity contribution in [2.75, 3.05) is 0 Å². The van der Waals surface area contributed by atoms with Crippen molar-refractivity contribution < 1.29 is 0 Å². The fourth-order valence-corrected chi connectivity index (χ4v) is 1.57. The van der Waals surface area contributed by atoms with Gasteiger partial charge in [0.05, 0.1) is 6.20 Å². The highest BCUT2D eigenvalue weighted by Gasteiger charge is 1.98. The summed E-state index contributed by atoms with van der Waals surface area (Å²) in [6.45, 7) is 0. The van der Waals surface area contributed by atoms with Crippen LogP contribution in [0.3, 0.4) is 0 Å². The summed E-state index contributed by atoms with van der Waals surface area (Å²) in [6.07, 6.45) is 3.89. The molecular formula is C10H9IN2. The van der Waals surface area contributed by atoms with Gasteiger partial charge in [0.15, 0.2) is 0 Å². The Hall–Kier alpha value is -0.840. The molecule has 0 saturated heterocycles. The van der Waals surface area contributed by atoms with E-state index in [0.29, 0.717) is 0 Å². The predicted molar refractivity (Wildman–Crippen MR) is 61.4 cm³/mol. The molecule has 0 atom stereocenters. The second-order valence-electron chi connectivity index (χ2n) is 2.91. The summed E-state index contributed by atoms with van der Waals surface area (Å²) in [6, 6.07) is 8.42. The Bertz CT molecular complexity index is 403. The first-order chi connectivity index (χ1) is 6.25. The molecule has 0 aliphatic rings. The third-order valence-electron chi connectivity index (χ3n) is 1.88. The van der Waals surface area contributed by atoms with Crippen LogP contribution in [0.25, 0.3) is 11.1 Å². The Kier molecular flexibility index (Phi) is 2.35. The van der Waals surface area contributed by atoms with E-state index in [2.05, 4.69) is 52.0 Å². The monoisotopic (exact) mass is 284 g/mol. The van der Waals surface area contributed by atoms with Gasteiger partial charge in [0.1, 0.15) is 0 Å². The minimum absolute atomic E-state index is 1.17. The number of aryl methyl sites for hydroxylation is 1. The Morgan fingerprint density at radius 2 is 1.85 bits per heavy atom. The van der Waals surface area contributed by atoms with E-state index in [4.69, 9.17) is 0 Å². The number of hydrogen-bond donors (Lipinski definition) is 0. The molecule has 0 radical (unpaired) electrons. The SMILES string of the molecule is Cn1cc(-c2ccc(I)cc2)cn1. The number of halogens is 1. The molecule has 2 rings (SSSR count). The van der Waals surface area contributed by atoms with Crippen molar-refractivity contribution in [3.63, 3.8) is 0 Å². The average molecular weight is 284 g/mol. The standard InChI is InChI=1S/C10H9IN2/c1-13-7-9(6-12-13)8-2-4-10(11)5-3-8/h2-7H,1H3. The lowest BCUT2D eigenvalue weighted by Crippen LogP contribution is -1.84. The van der Waals surface area contributed by atoms with Crippen molar-refractivity contribution in [1.82, 2.24) is 9.78 Å². The molecule has 2 nitrogen and oxygen atoms in total. The minimum atomic E-state index is 1.17. The molecule has 0 spiro atoms. The molecule has 1 heterocycles. The zero-order valence-corrected chi connectivity index (χ0v) is 9.39. The van der Waals surface area contributed by atoms with E-state index < -0.39 is 0 Å². The smallest absolute Gasteiger partial charge is 0.0568 e. The zero-order valence-electron chi connectivity index (χ0n) is 7.24. The molecule has 1 aromatic heterocycles. The van der Waals surface area contributed by atoms with Crippen molar-refractivity contribution in [2.45, 2.75) is 0 Å². The largest absolute Gasteiger partial charge is 0.275 e. The molecular weight excluding hydrogens is 275 g/mol. The lowest BCUT2D eigenvalue weighted by Gasteiger charge is -1.95. The first-order valence-electron chi connectivity index (χ1n) is 4.00. The maximum atomic E-state index is 4.13. The lowest BCUT2D eigenvalue weighted by molar-refractivity contribution is 0.768. The van der Waals surface area contributed by atoms with Crippen LogP contribution in [0.5, 0.6) is 0 Å².